The molecule has 7 heteroatoms. The maximum Gasteiger partial charge on any atom is 0.260 e. The van der Waals surface area contributed by atoms with Crippen LogP contribution in [0.2, 0.25) is 10.0 Å². The van der Waals surface area contributed by atoms with Crippen LogP contribution in [-0.2, 0) is 4.79 Å². The molecule has 0 bridgehead atoms. The Morgan fingerprint density at radius 2 is 1.87 bits per heavy atom. The van der Waals surface area contributed by atoms with Gasteiger partial charge in [-0.25, -0.2) is 0 Å². The zero-order chi connectivity index (χ0) is 15.9. The first-order chi connectivity index (χ1) is 10.6. The molecule has 0 aliphatic carbocycles. The monoisotopic (exact) mass is 380 g/mol. The van der Waals surface area contributed by atoms with E-state index in [-0.39, 0.29) is 24.9 Å². The highest BCUT2D eigenvalue weighted by Crippen LogP contribution is 2.24. The molecular formula is C16H23Cl3N2O2. The molecule has 1 aliphatic heterocycles. The molecule has 0 saturated carbocycles. The molecule has 1 fully saturated rings. The summed E-state index contributed by atoms with van der Waals surface area (Å²) in [6.45, 7) is 5.76. The van der Waals surface area contributed by atoms with Crippen molar-refractivity contribution >= 4 is 41.5 Å². The maximum atomic E-state index is 12.2. The van der Waals surface area contributed by atoms with Gasteiger partial charge in [0.05, 0.1) is 0 Å². The van der Waals surface area contributed by atoms with Gasteiger partial charge >= 0.3 is 0 Å². The van der Waals surface area contributed by atoms with Crippen LogP contribution >= 0.6 is 35.6 Å². The van der Waals surface area contributed by atoms with E-state index in [2.05, 4.69) is 12.2 Å². The summed E-state index contributed by atoms with van der Waals surface area (Å²) in [7, 11) is 0. The highest BCUT2D eigenvalue weighted by Gasteiger charge is 2.22. The van der Waals surface area contributed by atoms with E-state index in [4.69, 9.17) is 27.9 Å². The Morgan fingerprint density at radius 3 is 2.43 bits per heavy atom. The van der Waals surface area contributed by atoms with Gasteiger partial charge in [-0.1, -0.05) is 30.1 Å². The van der Waals surface area contributed by atoms with E-state index < -0.39 is 0 Å². The molecule has 0 unspecified atom stereocenters. The molecule has 1 aliphatic rings. The molecular weight excluding hydrogens is 359 g/mol. The van der Waals surface area contributed by atoms with Crippen LogP contribution in [0.4, 0.5) is 0 Å². The number of carbonyl (C=O) groups excluding carboxylic acids is 1. The van der Waals surface area contributed by atoms with Crippen LogP contribution in [0, 0.1) is 5.92 Å². The smallest absolute Gasteiger partial charge is 0.260 e. The lowest BCUT2D eigenvalue weighted by Crippen LogP contribution is -2.42. The Hall–Kier alpha value is -0.680. The first-order valence-corrected chi connectivity index (χ1v) is 8.41. The predicted molar refractivity (Wildman–Crippen MR) is 97.1 cm³/mol. The molecule has 0 radical (unpaired) electrons. The molecule has 1 N–H and O–H groups in total. The van der Waals surface area contributed by atoms with Crippen molar-refractivity contribution in [2.24, 2.45) is 5.92 Å². The zero-order valence-electron chi connectivity index (χ0n) is 13.2. The highest BCUT2D eigenvalue weighted by atomic mass is 35.5. The minimum atomic E-state index is 0. The van der Waals surface area contributed by atoms with Crippen LogP contribution in [0.1, 0.15) is 19.8 Å². The van der Waals surface area contributed by atoms with Gasteiger partial charge in [-0.15, -0.1) is 12.4 Å². The van der Waals surface area contributed by atoms with Crippen LogP contribution in [0.25, 0.3) is 0 Å². The number of carbonyl (C=O) groups is 1. The van der Waals surface area contributed by atoms with Crippen molar-refractivity contribution in [3.8, 4) is 5.75 Å². The average molecular weight is 382 g/mol. The van der Waals surface area contributed by atoms with Gasteiger partial charge in [0.15, 0.2) is 6.61 Å². The molecule has 1 aromatic rings. The summed E-state index contributed by atoms with van der Waals surface area (Å²) in [4.78, 5) is 14.1. The van der Waals surface area contributed by atoms with Crippen molar-refractivity contribution in [3.63, 3.8) is 0 Å². The van der Waals surface area contributed by atoms with Crippen molar-refractivity contribution < 1.29 is 9.53 Å². The molecule has 23 heavy (non-hydrogen) atoms. The number of rotatable bonds is 6. The second kappa shape index (κ2) is 10.2. The SMILES string of the molecule is CCNCC1CCN(C(=O)COc2cc(Cl)cc(Cl)c2)CC1.Cl. The Kier molecular flexibility index (Phi) is 9.07. The second-order valence-electron chi connectivity index (χ2n) is 5.53. The minimum Gasteiger partial charge on any atom is -0.484 e. The van der Waals surface area contributed by atoms with E-state index >= 15 is 0 Å². The molecule has 2 rings (SSSR count). The number of piperidine rings is 1. The summed E-state index contributed by atoms with van der Waals surface area (Å²) in [6.07, 6.45) is 2.09. The molecule has 0 spiro atoms. The minimum absolute atomic E-state index is 0. The third-order valence-corrected chi connectivity index (χ3v) is 4.29. The molecule has 1 amide bonds. The maximum absolute atomic E-state index is 12.2. The number of nitrogens with one attached hydrogen (secondary N) is 1. The lowest BCUT2D eigenvalue weighted by Gasteiger charge is -2.32. The molecule has 4 nitrogen and oxygen atoms in total. The predicted octanol–water partition coefficient (Wildman–Crippen LogP) is 3.64. The van der Waals surface area contributed by atoms with E-state index in [1.165, 1.54) is 0 Å². The zero-order valence-corrected chi connectivity index (χ0v) is 15.5. The van der Waals surface area contributed by atoms with Crippen molar-refractivity contribution in [2.45, 2.75) is 19.8 Å². The summed E-state index contributed by atoms with van der Waals surface area (Å²) in [6, 6.07) is 4.94. The van der Waals surface area contributed by atoms with E-state index in [1.54, 1.807) is 18.2 Å². The van der Waals surface area contributed by atoms with Gasteiger partial charge in [0, 0.05) is 23.1 Å². The van der Waals surface area contributed by atoms with Gasteiger partial charge in [0.1, 0.15) is 5.75 Å². The first kappa shape index (κ1) is 20.4. The Labute approximate surface area is 153 Å². The highest BCUT2D eigenvalue weighted by molar-refractivity contribution is 6.34. The Bertz CT molecular complexity index is 486. The number of hydrogen-bond donors (Lipinski definition) is 1. The van der Waals surface area contributed by atoms with Gasteiger partial charge in [0.25, 0.3) is 5.91 Å². The van der Waals surface area contributed by atoms with Crippen LogP contribution in [0.15, 0.2) is 18.2 Å². The topological polar surface area (TPSA) is 41.6 Å². The number of hydrogen-bond acceptors (Lipinski definition) is 3. The lowest BCUT2D eigenvalue weighted by atomic mass is 9.97. The van der Waals surface area contributed by atoms with Crippen LogP contribution in [0.5, 0.6) is 5.75 Å². The largest absolute Gasteiger partial charge is 0.484 e. The van der Waals surface area contributed by atoms with Crippen molar-refractivity contribution in [3.05, 3.63) is 28.2 Å². The summed E-state index contributed by atoms with van der Waals surface area (Å²) in [5.41, 5.74) is 0. The summed E-state index contributed by atoms with van der Waals surface area (Å²) >= 11 is 11.8. The van der Waals surface area contributed by atoms with Gasteiger partial charge in [-0.05, 0) is 50.0 Å². The number of benzene rings is 1. The van der Waals surface area contributed by atoms with Gasteiger partial charge in [-0.2, -0.15) is 0 Å². The second-order valence-corrected chi connectivity index (χ2v) is 6.40. The summed E-state index contributed by atoms with van der Waals surface area (Å²) in [5.74, 6) is 1.20. The lowest BCUT2D eigenvalue weighted by molar-refractivity contribution is -0.134. The van der Waals surface area contributed by atoms with Crippen LogP contribution in [0.3, 0.4) is 0 Å². The van der Waals surface area contributed by atoms with E-state index in [1.807, 2.05) is 4.90 Å². The fourth-order valence-corrected chi connectivity index (χ4v) is 3.09. The van der Waals surface area contributed by atoms with Gasteiger partial charge in [-0.3, -0.25) is 4.79 Å². The molecule has 130 valence electrons. The quantitative estimate of drug-likeness (QED) is 0.818. The molecule has 1 aromatic carbocycles. The molecule has 0 aromatic heterocycles. The van der Waals surface area contributed by atoms with Gasteiger partial charge < -0.3 is 15.0 Å². The van der Waals surface area contributed by atoms with E-state index in [9.17, 15) is 4.79 Å². The number of nitrogens with zero attached hydrogens (tertiary/aromatic N) is 1. The fourth-order valence-electron chi connectivity index (χ4n) is 2.58. The van der Waals surface area contributed by atoms with Crippen LogP contribution < -0.4 is 10.1 Å². The Morgan fingerprint density at radius 1 is 1.26 bits per heavy atom. The third-order valence-electron chi connectivity index (χ3n) is 3.85. The normalized spacial score (nSPS) is 15.2. The average Bonchev–Trinajstić information content (AvgIpc) is 2.50. The number of halogens is 3. The van der Waals surface area contributed by atoms with Crippen LogP contribution in [-0.4, -0.2) is 43.6 Å². The third kappa shape index (κ3) is 6.76. The summed E-state index contributed by atoms with van der Waals surface area (Å²) < 4.78 is 5.50. The number of amides is 1. The standard InChI is InChI=1S/C16H22Cl2N2O2.ClH/c1-2-19-10-12-3-5-20(6-4-12)16(21)11-22-15-8-13(17)7-14(18)9-15;/h7-9,12,19H,2-6,10-11H2,1H3;1H. The summed E-state index contributed by atoms with van der Waals surface area (Å²) in [5, 5.41) is 4.36. The van der Waals surface area contributed by atoms with E-state index in [0.717, 1.165) is 39.0 Å². The first-order valence-electron chi connectivity index (χ1n) is 7.66. The number of ether oxygens (including phenoxy) is 1. The molecule has 1 saturated heterocycles. The van der Waals surface area contributed by atoms with E-state index in [0.29, 0.717) is 21.7 Å². The number of likely N-dealkylation sites (tertiary alicyclic amines) is 1. The van der Waals surface area contributed by atoms with Crippen molar-refractivity contribution in [2.75, 3.05) is 32.8 Å². The molecule has 0 atom stereocenters. The Balaban J connectivity index is 0.00000264. The van der Waals surface area contributed by atoms with Gasteiger partial charge in [0.2, 0.25) is 0 Å². The van der Waals surface area contributed by atoms with Crippen molar-refractivity contribution in [1.29, 1.82) is 0 Å². The fraction of sp³-hybridized carbons (Fsp3) is 0.562. The molecule has 1 heterocycles. The van der Waals surface area contributed by atoms with Crippen molar-refractivity contribution in [1.82, 2.24) is 10.2 Å².